The van der Waals surface area contributed by atoms with Gasteiger partial charge in [-0.05, 0) is 71.3 Å². The normalized spacial score (nSPS) is 25.6. The highest BCUT2D eigenvalue weighted by Crippen LogP contribution is 2.38. The van der Waals surface area contributed by atoms with Crippen LogP contribution in [0.4, 0.5) is 10.1 Å². The number of nitrogens with one attached hydrogen (secondary N) is 1. The number of hydrogen-bond acceptors (Lipinski definition) is 3. The summed E-state index contributed by atoms with van der Waals surface area (Å²) in [5.41, 5.74) is 0.901. The van der Waals surface area contributed by atoms with Crippen LogP contribution in [-0.2, 0) is 4.74 Å². The second-order valence-corrected chi connectivity index (χ2v) is 7.68. The molecule has 1 spiro atoms. The Balaban J connectivity index is 1.69. The number of rotatable bonds is 2. The van der Waals surface area contributed by atoms with Gasteiger partial charge in [-0.25, -0.2) is 4.39 Å². The van der Waals surface area contributed by atoms with Gasteiger partial charge in [0.15, 0.2) is 0 Å². The molecule has 5 heteroatoms. The van der Waals surface area contributed by atoms with Crippen LogP contribution in [0.3, 0.4) is 0 Å². The van der Waals surface area contributed by atoms with Crippen LogP contribution in [0.5, 0.6) is 0 Å². The molecule has 2 nitrogen and oxygen atoms in total. The molecule has 2 fully saturated rings. The molecule has 2 aliphatic rings. The number of hydrogen-bond donors (Lipinski definition) is 1. The first-order valence-corrected chi connectivity index (χ1v) is 9.05. The standard InChI is InChI=1S/C15H19BrFNOS/c16-13-2-1-11(17)9-14(13)18-12-3-6-19-15(10-12)4-7-20-8-5-15/h1-2,9,12,18H,3-8,10H2. The van der Waals surface area contributed by atoms with Crippen molar-refractivity contribution in [2.75, 3.05) is 23.4 Å². The minimum Gasteiger partial charge on any atom is -0.381 e. The average molecular weight is 360 g/mol. The third-order valence-electron chi connectivity index (χ3n) is 4.19. The molecule has 0 aromatic heterocycles. The summed E-state index contributed by atoms with van der Waals surface area (Å²) in [5.74, 6) is 2.18. The Kier molecular flexibility index (Phi) is 4.58. The minimum atomic E-state index is -0.202. The Labute approximate surface area is 132 Å². The molecule has 1 atom stereocenters. The van der Waals surface area contributed by atoms with Crippen LogP contribution >= 0.6 is 27.7 Å². The second kappa shape index (κ2) is 6.24. The lowest BCUT2D eigenvalue weighted by atomic mass is 9.85. The van der Waals surface area contributed by atoms with E-state index in [1.54, 1.807) is 12.1 Å². The van der Waals surface area contributed by atoms with Crippen molar-refractivity contribution in [3.8, 4) is 0 Å². The summed E-state index contributed by atoms with van der Waals surface area (Å²) in [4.78, 5) is 0. The maximum atomic E-state index is 13.4. The van der Waals surface area contributed by atoms with Crippen LogP contribution < -0.4 is 5.32 Å². The molecule has 1 N–H and O–H groups in total. The first kappa shape index (κ1) is 14.7. The quantitative estimate of drug-likeness (QED) is 0.842. The molecule has 110 valence electrons. The maximum Gasteiger partial charge on any atom is 0.125 e. The van der Waals surface area contributed by atoms with Crippen molar-refractivity contribution >= 4 is 33.4 Å². The Hall–Kier alpha value is -0.260. The number of thioether (sulfide) groups is 1. The first-order valence-electron chi connectivity index (χ1n) is 7.10. The highest BCUT2D eigenvalue weighted by atomic mass is 79.9. The minimum absolute atomic E-state index is 0.0565. The predicted octanol–water partition coefficient (Wildman–Crippen LogP) is 4.44. The highest BCUT2D eigenvalue weighted by Gasteiger charge is 2.38. The van der Waals surface area contributed by atoms with E-state index in [0.29, 0.717) is 6.04 Å². The zero-order valence-electron chi connectivity index (χ0n) is 11.3. The van der Waals surface area contributed by atoms with Gasteiger partial charge in [0, 0.05) is 17.1 Å². The average Bonchev–Trinajstić information content (AvgIpc) is 2.44. The largest absolute Gasteiger partial charge is 0.381 e. The Bertz CT molecular complexity index is 473. The topological polar surface area (TPSA) is 21.3 Å². The Morgan fingerprint density at radius 1 is 1.35 bits per heavy atom. The maximum absolute atomic E-state index is 13.4. The smallest absolute Gasteiger partial charge is 0.125 e. The predicted molar refractivity (Wildman–Crippen MR) is 86.0 cm³/mol. The van der Waals surface area contributed by atoms with Crippen molar-refractivity contribution in [3.05, 3.63) is 28.5 Å². The molecular weight excluding hydrogens is 341 g/mol. The van der Waals surface area contributed by atoms with E-state index in [4.69, 9.17) is 4.74 Å². The van der Waals surface area contributed by atoms with Crippen molar-refractivity contribution in [2.24, 2.45) is 0 Å². The zero-order chi connectivity index (χ0) is 14.0. The lowest BCUT2D eigenvalue weighted by molar-refractivity contribution is -0.0865. The Morgan fingerprint density at radius 3 is 2.95 bits per heavy atom. The van der Waals surface area contributed by atoms with Crippen molar-refractivity contribution in [2.45, 2.75) is 37.3 Å². The molecule has 20 heavy (non-hydrogen) atoms. The molecule has 2 heterocycles. The van der Waals surface area contributed by atoms with E-state index in [0.717, 1.165) is 42.5 Å². The summed E-state index contributed by atoms with van der Waals surface area (Å²) in [7, 11) is 0. The third kappa shape index (κ3) is 3.31. The SMILES string of the molecule is Fc1ccc(Br)c(NC2CCOC3(CCSCC3)C2)c1. The van der Waals surface area contributed by atoms with E-state index < -0.39 is 0 Å². The van der Waals surface area contributed by atoms with E-state index in [9.17, 15) is 4.39 Å². The van der Waals surface area contributed by atoms with E-state index >= 15 is 0 Å². The Morgan fingerprint density at radius 2 is 2.15 bits per heavy atom. The van der Waals surface area contributed by atoms with Crippen LogP contribution in [0.2, 0.25) is 0 Å². The van der Waals surface area contributed by atoms with Gasteiger partial charge in [0.2, 0.25) is 0 Å². The summed E-state index contributed by atoms with van der Waals surface area (Å²) in [6.07, 6.45) is 4.29. The van der Waals surface area contributed by atoms with Crippen LogP contribution in [-0.4, -0.2) is 29.8 Å². The molecule has 0 aliphatic carbocycles. The molecule has 2 aliphatic heterocycles. The summed E-state index contributed by atoms with van der Waals surface area (Å²) >= 11 is 5.50. The van der Waals surface area contributed by atoms with Gasteiger partial charge in [0.1, 0.15) is 5.82 Å². The number of anilines is 1. The van der Waals surface area contributed by atoms with Crippen molar-refractivity contribution in [3.63, 3.8) is 0 Å². The molecule has 1 aromatic carbocycles. The molecule has 0 saturated carbocycles. The fourth-order valence-electron chi connectivity index (χ4n) is 3.07. The molecule has 3 rings (SSSR count). The molecule has 1 aromatic rings. The van der Waals surface area contributed by atoms with Crippen LogP contribution in [0.15, 0.2) is 22.7 Å². The number of ether oxygens (including phenoxy) is 1. The summed E-state index contributed by atoms with van der Waals surface area (Å²) in [5, 5.41) is 3.49. The summed E-state index contributed by atoms with van der Waals surface area (Å²) < 4.78 is 20.4. The van der Waals surface area contributed by atoms with Gasteiger partial charge in [-0.15, -0.1) is 0 Å². The molecule has 0 radical (unpaired) electrons. The van der Waals surface area contributed by atoms with Gasteiger partial charge in [-0.3, -0.25) is 0 Å². The van der Waals surface area contributed by atoms with E-state index in [1.165, 1.54) is 17.6 Å². The van der Waals surface area contributed by atoms with Crippen LogP contribution in [0.1, 0.15) is 25.7 Å². The summed E-state index contributed by atoms with van der Waals surface area (Å²) in [6, 6.07) is 5.15. The molecule has 0 bridgehead atoms. The van der Waals surface area contributed by atoms with Crippen molar-refractivity contribution in [1.29, 1.82) is 0 Å². The van der Waals surface area contributed by atoms with E-state index in [2.05, 4.69) is 21.2 Å². The third-order valence-corrected chi connectivity index (χ3v) is 5.86. The van der Waals surface area contributed by atoms with Gasteiger partial charge >= 0.3 is 0 Å². The van der Waals surface area contributed by atoms with Crippen molar-refractivity contribution < 1.29 is 9.13 Å². The van der Waals surface area contributed by atoms with Gasteiger partial charge in [0.25, 0.3) is 0 Å². The fraction of sp³-hybridized carbons (Fsp3) is 0.600. The van der Waals surface area contributed by atoms with Gasteiger partial charge in [0.05, 0.1) is 11.3 Å². The molecule has 1 unspecified atom stereocenters. The van der Waals surface area contributed by atoms with Gasteiger partial charge in [-0.2, -0.15) is 11.8 Å². The molecular formula is C15H19BrFNOS. The van der Waals surface area contributed by atoms with E-state index in [-0.39, 0.29) is 11.4 Å². The van der Waals surface area contributed by atoms with Gasteiger partial charge in [-0.1, -0.05) is 0 Å². The monoisotopic (exact) mass is 359 g/mol. The molecule has 2 saturated heterocycles. The van der Waals surface area contributed by atoms with Crippen LogP contribution in [0, 0.1) is 5.82 Å². The summed E-state index contributed by atoms with van der Waals surface area (Å²) in [6.45, 7) is 0.801. The number of halogens is 2. The highest BCUT2D eigenvalue weighted by molar-refractivity contribution is 9.10. The van der Waals surface area contributed by atoms with Crippen LogP contribution in [0.25, 0.3) is 0 Å². The molecule has 0 amide bonds. The first-order chi connectivity index (χ1) is 9.67. The van der Waals surface area contributed by atoms with Crippen molar-refractivity contribution in [1.82, 2.24) is 0 Å². The second-order valence-electron chi connectivity index (χ2n) is 5.60. The zero-order valence-corrected chi connectivity index (χ0v) is 13.7. The van der Waals surface area contributed by atoms with Gasteiger partial charge < -0.3 is 10.1 Å². The number of benzene rings is 1. The fourth-order valence-corrected chi connectivity index (χ4v) is 4.67. The lowest BCUT2D eigenvalue weighted by Gasteiger charge is -2.43. The lowest BCUT2D eigenvalue weighted by Crippen LogP contribution is -2.46. The van der Waals surface area contributed by atoms with E-state index in [1.807, 2.05) is 11.8 Å².